The highest BCUT2D eigenvalue weighted by atomic mass is 79.9. The Kier molecular flexibility index (Phi) is 5.99. The molecule has 21 heavy (non-hydrogen) atoms. The van der Waals surface area contributed by atoms with E-state index in [2.05, 4.69) is 31.1 Å². The molecule has 1 aliphatic rings. The summed E-state index contributed by atoms with van der Waals surface area (Å²) in [6, 6.07) is 4.95. The quantitative estimate of drug-likeness (QED) is 0.664. The van der Waals surface area contributed by atoms with Crippen LogP contribution in [0.3, 0.4) is 0 Å². The number of methoxy groups -OCH3 is 1. The molecule has 4 nitrogen and oxygen atoms in total. The van der Waals surface area contributed by atoms with Crippen molar-refractivity contribution in [2.75, 3.05) is 33.9 Å². The number of rotatable bonds is 4. The molecule has 0 saturated carbocycles. The summed E-state index contributed by atoms with van der Waals surface area (Å²) in [6.07, 6.45) is 1.10. The van der Waals surface area contributed by atoms with Crippen LogP contribution in [0.4, 0.5) is 4.39 Å². The largest absolute Gasteiger partial charge is 0.384 e. The van der Waals surface area contributed by atoms with Crippen molar-refractivity contribution in [2.45, 2.75) is 13.0 Å². The van der Waals surface area contributed by atoms with Gasteiger partial charge in [0.2, 0.25) is 0 Å². The molecule has 1 N–H and O–H groups in total. The summed E-state index contributed by atoms with van der Waals surface area (Å²) in [5, 5.41) is 3.23. The van der Waals surface area contributed by atoms with Crippen LogP contribution in [-0.2, 0) is 11.3 Å². The molecule has 0 amide bonds. The third-order valence-corrected chi connectivity index (χ3v) is 4.14. The second-order valence-corrected chi connectivity index (χ2v) is 6.11. The fourth-order valence-corrected chi connectivity index (χ4v) is 2.99. The van der Waals surface area contributed by atoms with E-state index in [1.165, 1.54) is 6.07 Å². The van der Waals surface area contributed by atoms with Gasteiger partial charge in [0, 0.05) is 49.7 Å². The van der Waals surface area contributed by atoms with Gasteiger partial charge in [0.15, 0.2) is 5.96 Å². The predicted octanol–water partition coefficient (Wildman–Crippen LogP) is 2.63. The Labute approximate surface area is 133 Å². The summed E-state index contributed by atoms with van der Waals surface area (Å²) >= 11 is 3.36. The number of halogens is 2. The number of aliphatic imine (C=N–C) groups is 1. The fourth-order valence-electron chi connectivity index (χ4n) is 2.58. The first-order chi connectivity index (χ1) is 10.1. The Bertz CT molecular complexity index is 510. The van der Waals surface area contributed by atoms with Gasteiger partial charge in [-0.2, -0.15) is 0 Å². The number of likely N-dealkylation sites (tertiary alicyclic amines) is 1. The van der Waals surface area contributed by atoms with Gasteiger partial charge in [0.1, 0.15) is 5.82 Å². The molecule has 1 aromatic rings. The Morgan fingerprint density at radius 1 is 1.57 bits per heavy atom. The molecular formula is C15H21BrFN3O. The van der Waals surface area contributed by atoms with Crippen LogP contribution in [0.5, 0.6) is 0 Å². The summed E-state index contributed by atoms with van der Waals surface area (Å²) in [5.74, 6) is 1.14. The average Bonchev–Trinajstić information content (AvgIpc) is 2.92. The van der Waals surface area contributed by atoms with Gasteiger partial charge in [0.25, 0.3) is 0 Å². The van der Waals surface area contributed by atoms with Crippen LogP contribution >= 0.6 is 15.9 Å². The van der Waals surface area contributed by atoms with Gasteiger partial charge < -0.3 is 15.0 Å². The second kappa shape index (κ2) is 7.75. The molecule has 6 heteroatoms. The zero-order valence-electron chi connectivity index (χ0n) is 12.4. The summed E-state index contributed by atoms with van der Waals surface area (Å²) in [4.78, 5) is 6.48. The third-order valence-electron chi connectivity index (χ3n) is 3.64. The third kappa shape index (κ3) is 4.41. The number of hydrogen-bond donors (Lipinski definition) is 1. The zero-order valence-corrected chi connectivity index (χ0v) is 14.0. The summed E-state index contributed by atoms with van der Waals surface area (Å²) < 4.78 is 19.8. The smallest absolute Gasteiger partial charge is 0.193 e. The van der Waals surface area contributed by atoms with Gasteiger partial charge in [-0.25, -0.2) is 4.39 Å². The molecule has 1 heterocycles. The maximum absolute atomic E-state index is 13.7. The first-order valence-corrected chi connectivity index (χ1v) is 7.81. The maximum atomic E-state index is 13.7. The number of hydrogen-bond acceptors (Lipinski definition) is 2. The lowest BCUT2D eigenvalue weighted by Crippen LogP contribution is -2.40. The monoisotopic (exact) mass is 357 g/mol. The number of benzene rings is 1. The van der Waals surface area contributed by atoms with Crippen molar-refractivity contribution in [3.8, 4) is 0 Å². The Hall–Kier alpha value is -1.14. The summed E-state index contributed by atoms with van der Waals surface area (Å²) in [7, 11) is 3.48. The second-order valence-electron chi connectivity index (χ2n) is 5.19. The molecule has 2 rings (SSSR count). The highest BCUT2D eigenvalue weighted by Gasteiger charge is 2.24. The normalized spacial score (nSPS) is 19.1. The minimum atomic E-state index is -0.208. The first kappa shape index (κ1) is 16.2. The molecule has 0 radical (unpaired) electrons. The average molecular weight is 358 g/mol. The van der Waals surface area contributed by atoms with Gasteiger partial charge in [0.05, 0.1) is 6.61 Å². The molecule has 1 unspecified atom stereocenters. The summed E-state index contributed by atoms with van der Waals surface area (Å²) in [5.41, 5.74) is 0.623. The van der Waals surface area contributed by atoms with Gasteiger partial charge in [-0.05, 0) is 24.6 Å². The van der Waals surface area contributed by atoms with Crippen LogP contribution in [0.1, 0.15) is 12.0 Å². The standard InChI is InChI=1S/C15H21BrFN3O/c1-18-15(20-6-5-11(9-20)10-21-2)19-8-12-7-13(16)3-4-14(12)17/h3-4,7,11H,5-6,8-10H2,1-2H3,(H,18,19). The SMILES string of the molecule is CN=C(NCc1cc(Br)ccc1F)N1CCC(COC)C1. The molecule has 1 saturated heterocycles. The number of nitrogens with zero attached hydrogens (tertiary/aromatic N) is 2. The fraction of sp³-hybridized carbons (Fsp3) is 0.533. The lowest BCUT2D eigenvalue weighted by atomic mass is 10.1. The number of ether oxygens (including phenoxy) is 1. The van der Waals surface area contributed by atoms with Gasteiger partial charge in [-0.1, -0.05) is 15.9 Å². The van der Waals surface area contributed by atoms with Crippen molar-refractivity contribution in [1.82, 2.24) is 10.2 Å². The van der Waals surface area contributed by atoms with Crippen LogP contribution in [0.25, 0.3) is 0 Å². The molecule has 0 bridgehead atoms. The Balaban J connectivity index is 1.93. The molecule has 0 aliphatic carbocycles. The van der Waals surface area contributed by atoms with Crippen molar-refractivity contribution < 1.29 is 9.13 Å². The topological polar surface area (TPSA) is 36.9 Å². The van der Waals surface area contributed by atoms with Crippen LogP contribution in [0, 0.1) is 11.7 Å². The minimum Gasteiger partial charge on any atom is -0.384 e. The number of nitrogens with one attached hydrogen (secondary N) is 1. The molecule has 1 aliphatic heterocycles. The number of guanidine groups is 1. The van der Waals surface area contributed by atoms with E-state index >= 15 is 0 Å². The molecule has 1 atom stereocenters. The molecule has 0 aromatic heterocycles. The van der Waals surface area contributed by atoms with Crippen molar-refractivity contribution in [3.05, 3.63) is 34.1 Å². The molecule has 1 fully saturated rings. The lowest BCUT2D eigenvalue weighted by Gasteiger charge is -2.21. The highest BCUT2D eigenvalue weighted by molar-refractivity contribution is 9.10. The minimum absolute atomic E-state index is 0.208. The van der Waals surface area contributed by atoms with Gasteiger partial charge in [-0.15, -0.1) is 0 Å². The van der Waals surface area contributed by atoms with Crippen molar-refractivity contribution >= 4 is 21.9 Å². The Morgan fingerprint density at radius 2 is 2.38 bits per heavy atom. The van der Waals surface area contributed by atoms with Crippen molar-refractivity contribution in [1.29, 1.82) is 0 Å². The molecule has 1 aromatic carbocycles. The van der Waals surface area contributed by atoms with E-state index in [1.807, 2.05) is 0 Å². The predicted molar refractivity (Wildman–Crippen MR) is 85.9 cm³/mol. The van der Waals surface area contributed by atoms with E-state index in [1.54, 1.807) is 26.3 Å². The molecule has 116 valence electrons. The first-order valence-electron chi connectivity index (χ1n) is 7.02. The highest BCUT2D eigenvalue weighted by Crippen LogP contribution is 2.18. The van der Waals surface area contributed by atoms with Gasteiger partial charge in [-0.3, -0.25) is 4.99 Å². The van der Waals surface area contributed by atoms with Gasteiger partial charge >= 0.3 is 0 Å². The van der Waals surface area contributed by atoms with Crippen molar-refractivity contribution in [2.24, 2.45) is 10.9 Å². The van der Waals surface area contributed by atoms with E-state index in [0.717, 1.165) is 36.5 Å². The van der Waals surface area contributed by atoms with E-state index in [4.69, 9.17) is 4.74 Å². The van der Waals surface area contributed by atoms with Crippen molar-refractivity contribution in [3.63, 3.8) is 0 Å². The summed E-state index contributed by atoms with van der Waals surface area (Å²) in [6.45, 7) is 3.07. The van der Waals surface area contributed by atoms with E-state index in [9.17, 15) is 4.39 Å². The zero-order chi connectivity index (χ0) is 15.2. The van der Waals surface area contributed by atoms with E-state index in [-0.39, 0.29) is 5.82 Å². The van der Waals surface area contributed by atoms with Crippen LogP contribution in [0.15, 0.2) is 27.7 Å². The van der Waals surface area contributed by atoms with E-state index in [0.29, 0.717) is 18.0 Å². The molecular weight excluding hydrogens is 337 g/mol. The maximum Gasteiger partial charge on any atom is 0.193 e. The van der Waals surface area contributed by atoms with Crippen LogP contribution in [-0.4, -0.2) is 44.7 Å². The molecule has 0 spiro atoms. The van der Waals surface area contributed by atoms with Crippen LogP contribution in [0.2, 0.25) is 0 Å². The van der Waals surface area contributed by atoms with E-state index < -0.39 is 0 Å². The Morgan fingerprint density at radius 3 is 3.10 bits per heavy atom. The van der Waals surface area contributed by atoms with Crippen LogP contribution < -0.4 is 5.32 Å². The lowest BCUT2D eigenvalue weighted by molar-refractivity contribution is 0.157.